The predicted molar refractivity (Wildman–Crippen MR) is 89.6 cm³/mol. The van der Waals surface area contributed by atoms with E-state index in [0.29, 0.717) is 26.1 Å². The van der Waals surface area contributed by atoms with Crippen LogP contribution in [0.4, 0.5) is 0 Å². The van der Waals surface area contributed by atoms with Crippen molar-refractivity contribution in [2.24, 2.45) is 0 Å². The summed E-state index contributed by atoms with van der Waals surface area (Å²) in [5, 5.41) is 5.56. The fourth-order valence-electron chi connectivity index (χ4n) is 0.329. The third kappa shape index (κ3) is 38.4. The second-order valence-corrected chi connectivity index (χ2v) is 5.77. The van der Waals surface area contributed by atoms with E-state index in [0.717, 1.165) is 0 Å². The van der Waals surface area contributed by atoms with Gasteiger partial charge in [-0.2, -0.15) is 0 Å². The van der Waals surface area contributed by atoms with Gasteiger partial charge in [-0.05, 0) is 0 Å². The molecule has 0 aromatic heterocycles. The number of hydrogen-bond donors (Lipinski definition) is 2. The van der Waals surface area contributed by atoms with Crippen LogP contribution >= 0.6 is 36.7 Å². The van der Waals surface area contributed by atoms with Crippen LogP contribution in [0.5, 0.6) is 0 Å². The molecule has 0 aliphatic rings. The van der Waals surface area contributed by atoms with Gasteiger partial charge in [0.05, 0.1) is 0 Å². The van der Waals surface area contributed by atoms with Crippen molar-refractivity contribution in [3.8, 4) is 0 Å². The summed E-state index contributed by atoms with van der Waals surface area (Å²) >= 11 is 27.5. The minimum Gasteiger partial charge on any atom is -0.412 e. The van der Waals surface area contributed by atoms with E-state index in [9.17, 15) is 0 Å². The van der Waals surface area contributed by atoms with Crippen molar-refractivity contribution >= 4 is 87.5 Å². The van der Waals surface area contributed by atoms with Gasteiger partial charge in [0.25, 0.3) is 0 Å². The Morgan fingerprint density at radius 1 is 0.895 bits per heavy atom. The van der Waals surface area contributed by atoms with Crippen LogP contribution in [0.25, 0.3) is 0 Å². The molecule has 0 aliphatic carbocycles. The zero-order valence-electron chi connectivity index (χ0n) is 10.6. The summed E-state index contributed by atoms with van der Waals surface area (Å²) < 4.78 is 1.25. The first-order valence-corrected chi connectivity index (χ1v) is 6.50. The maximum absolute atomic E-state index is 4.59. The molecule has 99 valence electrons. The molecule has 0 bridgehead atoms. The maximum atomic E-state index is 4.59. The van der Waals surface area contributed by atoms with Crippen molar-refractivity contribution in [2.45, 2.75) is 0 Å². The van der Waals surface area contributed by atoms with E-state index in [1.807, 2.05) is 14.1 Å². The van der Waals surface area contributed by atoms with Gasteiger partial charge in [-0.1, -0.05) is 13.0 Å². The quantitative estimate of drug-likeness (QED) is 0.236. The van der Waals surface area contributed by atoms with Crippen LogP contribution in [0.1, 0.15) is 0 Å². The van der Waals surface area contributed by atoms with Gasteiger partial charge in [-0.3, -0.25) is 0 Å². The fraction of sp³-hybridized carbons (Fsp3) is 0.571. The van der Waals surface area contributed by atoms with Gasteiger partial charge in [0.1, 0.15) is 0 Å². The molecule has 2 N–H and O–H groups in total. The summed E-state index contributed by atoms with van der Waals surface area (Å²) in [5.74, 6) is 0. The molecule has 0 aromatic rings. The molecule has 0 atom stereocenters. The van der Waals surface area contributed by atoms with Gasteiger partial charge >= 0.3 is 56.0 Å². The first-order chi connectivity index (χ1) is 7.27. The first-order valence-electron chi connectivity index (χ1n) is 4.05. The zero-order valence-corrected chi connectivity index (χ0v) is 22.6. The number of hydrogen-bond acceptors (Lipinski definition) is 6. The second-order valence-electron chi connectivity index (χ2n) is 2.59. The van der Waals surface area contributed by atoms with Gasteiger partial charge in [0, 0.05) is 27.2 Å². The summed E-state index contributed by atoms with van der Waals surface area (Å²) in [6.45, 7) is 1.33. The second kappa shape index (κ2) is 22.4. The molecule has 1 radical (unpaired) electrons. The van der Waals surface area contributed by atoms with E-state index < -0.39 is 0 Å². The van der Waals surface area contributed by atoms with E-state index in [4.69, 9.17) is 0 Å². The molecule has 0 unspecified atom stereocenters. The molecule has 0 aromatic carbocycles. The van der Waals surface area contributed by atoms with Crippen molar-refractivity contribution in [2.75, 3.05) is 27.2 Å². The Morgan fingerprint density at radius 2 is 1.11 bits per heavy atom. The summed E-state index contributed by atoms with van der Waals surface area (Å²) in [6.07, 6.45) is 0. The molecule has 0 fully saturated rings. The topological polar surface area (TPSA) is 27.3 Å². The molecule has 0 rings (SSSR count). The minimum atomic E-state index is 0. The molecule has 0 spiro atoms. The van der Waals surface area contributed by atoms with E-state index in [2.05, 4.69) is 85.2 Å². The smallest absolute Gasteiger partial charge is 0.412 e. The SMILES string of the molecule is CN(C)C(=S)[S-].S=C([S-])NCCNC(=S)[S-].[Mn+2].[Zn+2].[Zn+2]. The average molecular weight is 516 g/mol. The van der Waals surface area contributed by atoms with Crippen molar-refractivity contribution < 1.29 is 56.0 Å². The summed E-state index contributed by atoms with van der Waals surface area (Å²) in [7, 11) is 3.66. The predicted octanol–water partition coefficient (Wildman–Crippen LogP) is 0.202. The van der Waals surface area contributed by atoms with Crippen LogP contribution in [0.2, 0.25) is 0 Å². The van der Waals surface area contributed by atoms with Gasteiger partial charge in [-0.15, -0.1) is 0 Å². The zero-order chi connectivity index (χ0) is 13.1. The van der Waals surface area contributed by atoms with Crippen LogP contribution in [0.15, 0.2) is 0 Å². The van der Waals surface area contributed by atoms with Crippen LogP contribution in [-0.4, -0.2) is 45.0 Å². The van der Waals surface area contributed by atoms with E-state index in [-0.39, 0.29) is 56.0 Å². The Kier molecular flexibility index (Phi) is 38.7. The van der Waals surface area contributed by atoms with Crippen molar-refractivity contribution in [1.82, 2.24) is 15.5 Å². The molecule has 0 heterocycles. The first kappa shape index (κ1) is 32.9. The van der Waals surface area contributed by atoms with Gasteiger partial charge in [0.2, 0.25) is 0 Å². The molecule has 0 amide bonds. The largest absolute Gasteiger partial charge is 2.00 e. The Hall–Kier alpha value is 2.10. The Labute approximate surface area is 184 Å². The Morgan fingerprint density at radius 3 is 1.21 bits per heavy atom. The molecule has 3 nitrogen and oxygen atoms in total. The van der Waals surface area contributed by atoms with Crippen LogP contribution < -0.4 is 10.6 Å². The number of thiocarbonyl (C=S) groups is 3. The molecular weight excluding hydrogens is 504 g/mol. The normalized spacial score (nSPS) is 6.84. The van der Waals surface area contributed by atoms with E-state index >= 15 is 0 Å². The summed E-state index contributed by atoms with van der Waals surface area (Å²) in [6, 6.07) is 0. The maximum Gasteiger partial charge on any atom is 2.00 e. The molecule has 12 heteroatoms. The van der Waals surface area contributed by atoms with Crippen LogP contribution in [0.3, 0.4) is 0 Å². The monoisotopic (exact) mass is 513 g/mol. The van der Waals surface area contributed by atoms with Crippen LogP contribution in [-0.2, 0) is 93.9 Å². The summed E-state index contributed by atoms with van der Waals surface area (Å²) in [5.41, 5.74) is 0. The third-order valence-corrected chi connectivity index (χ3v) is 2.34. The number of rotatable bonds is 3. The number of nitrogens with one attached hydrogen (secondary N) is 2. The molecule has 19 heavy (non-hydrogen) atoms. The minimum absolute atomic E-state index is 0. The fourth-order valence-corrected chi connectivity index (χ4v) is 0.737. The van der Waals surface area contributed by atoms with Crippen molar-refractivity contribution in [3.63, 3.8) is 0 Å². The molecular formula is C7H12MnN3S6Zn2+3. The Bertz CT molecular complexity index is 241. The van der Waals surface area contributed by atoms with Gasteiger partial charge < -0.3 is 90.1 Å². The van der Waals surface area contributed by atoms with Crippen molar-refractivity contribution in [1.29, 1.82) is 0 Å². The standard InChI is InChI=1S/C4H8N2S4.C3H7NS2.Mn.2Zn/c7-3(8)5-1-2-6-4(9)10;1-4(2)3(5)6;;;/h1-2H2,(H2,5,7,8)(H2,6,9,10);1-2H3,(H,5,6);;;/q;;3*+2/p-3. The van der Waals surface area contributed by atoms with E-state index in [1.54, 1.807) is 4.90 Å². The van der Waals surface area contributed by atoms with Crippen LogP contribution in [0, 0.1) is 0 Å². The third-order valence-electron chi connectivity index (χ3n) is 1.03. The number of nitrogens with zero attached hydrogens (tertiary/aromatic N) is 1. The molecule has 0 saturated heterocycles. The van der Waals surface area contributed by atoms with Crippen molar-refractivity contribution in [3.05, 3.63) is 0 Å². The van der Waals surface area contributed by atoms with Gasteiger partial charge in [-0.25, -0.2) is 0 Å². The average Bonchev–Trinajstić information content (AvgIpc) is 2.12. The van der Waals surface area contributed by atoms with E-state index in [1.165, 1.54) is 0 Å². The Balaban J connectivity index is -0.0000000646. The van der Waals surface area contributed by atoms with Gasteiger partial charge in [0.15, 0.2) is 0 Å². The summed E-state index contributed by atoms with van der Waals surface area (Å²) in [4.78, 5) is 1.71. The molecule has 0 aliphatic heterocycles. The molecule has 0 saturated carbocycles.